The minimum absolute atomic E-state index is 0.0700. The van der Waals surface area contributed by atoms with Crippen molar-refractivity contribution in [2.24, 2.45) is 0 Å². The first-order chi connectivity index (χ1) is 7.78. The van der Waals surface area contributed by atoms with Gasteiger partial charge < -0.3 is 9.84 Å². The van der Waals surface area contributed by atoms with Crippen LogP contribution in [0.25, 0.3) is 0 Å². The Kier molecular flexibility index (Phi) is 3.98. The average molecular weight is 248 g/mol. The summed E-state index contributed by atoms with van der Waals surface area (Å²) in [5, 5.41) is 8.58. The molecule has 0 saturated carbocycles. The molecule has 1 aromatic carbocycles. The Bertz CT molecular complexity index is 384. The largest absolute Gasteiger partial charge is 0.573 e. The summed E-state index contributed by atoms with van der Waals surface area (Å²) < 4.78 is 39.3. The van der Waals surface area contributed by atoms with Crippen molar-refractivity contribution in [1.29, 1.82) is 0 Å². The Balaban J connectivity index is 2.71. The fourth-order valence-corrected chi connectivity index (χ4v) is 1.38. The molecular weight excluding hydrogens is 237 g/mol. The van der Waals surface area contributed by atoms with E-state index < -0.39 is 12.3 Å². The van der Waals surface area contributed by atoms with E-state index in [4.69, 9.17) is 5.11 Å². The summed E-state index contributed by atoms with van der Waals surface area (Å²) in [5.74, 6) is -1.52. The molecular formula is C11H11F3O3. The van der Waals surface area contributed by atoms with E-state index in [0.717, 1.165) is 0 Å². The number of alkyl halides is 3. The van der Waals surface area contributed by atoms with Crippen molar-refractivity contribution in [3.63, 3.8) is 0 Å². The summed E-state index contributed by atoms with van der Waals surface area (Å²) in [6.07, 6.45) is -4.78. The van der Waals surface area contributed by atoms with Gasteiger partial charge in [-0.1, -0.05) is 19.1 Å². The highest BCUT2D eigenvalue weighted by molar-refractivity contribution is 5.67. The van der Waals surface area contributed by atoms with E-state index in [1.54, 1.807) is 6.92 Å². The van der Waals surface area contributed by atoms with Crippen molar-refractivity contribution in [2.45, 2.75) is 25.6 Å². The molecule has 94 valence electrons. The lowest BCUT2D eigenvalue weighted by Crippen LogP contribution is -2.17. The number of aliphatic carboxylic acids is 1. The van der Waals surface area contributed by atoms with Crippen LogP contribution in [0.5, 0.6) is 5.75 Å². The first-order valence-electron chi connectivity index (χ1n) is 4.85. The Morgan fingerprint density at radius 1 is 1.35 bits per heavy atom. The van der Waals surface area contributed by atoms with Crippen LogP contribution in [0.3, 0.4) is 0 Å². The first kappa shape index (κ1) is 13.3. The highest BCUT2D eigenvalue weighted by atomic mass is 19.4. The highest BCUT2D eigenvalue weighted by Crippen LogP contribution is 2.25. The van der Waals surface area contributed by atoms with Crippen LogP contribution in [0.2, 0.25) is 0 Å². The number of rotatable bonds is 4. The normalized spacial score (nSPS) is 13.2. The van der Waals surface area contributed by atoms with E-state index in [2.05, 4.69) is 4.74 Å². The lowest BCUT2D eigenvalue weighted by atomic mass is 9.98. The number of carbonyl (C=O) groups is 1. The van der Waals surface area contributed by atoms with Crippen molar-refractivity contribution >= 4 is 5.97 Å². The molecule has 0 aliphatic carbocycles. The molecule has 1 rings (SSSR count). The first-order valence-corrected chi connectivity index (χ1v) is 4.85. The quantitative estimate of drug-likeness (QED) is 0.890. The molecule has 0 radical (unpaired) electrons. The van der Waals surface area contributed by atoms with Crippen molar-refractivity contribution in [2.75, 3.05) is 0 Å². The summed E-state index contributed by atoms with van der Waals surface area (Å²) in [7, 11) is 0. The third kappa shape index (κ3) is 4.76. The number of hydrogen-bond acceptors (Lipinski definition) is 2. The standard InChI is InChI=1S/C11H11F3O3/c1-7(6-10(15)16)8-2-4-9(5-3-8)17-11(12,13)14/h2-5,7H,6H2,1H3,(H,15,16)/t7-/m1/s1. The van der Waals surface area contributed by atoms with Gasteiger partial charge in [0.05, 0.1) is 6.42 Å². The lowest BCUT2D eigenvalue weighted by Gasteiger charge is -2.11. The Labute approximate surface area is 95.8 Å². The zero-order valence-corrected chi connectivity index (χ0v) is 8.99. The Morgan fingerprint density at radius 3 is 2.29 bits per heavy atom. The van der Waals surface area contributed by atoms with Crippen LogP contribution in [0.1, 0.15) is 24.8 Å². The molecule has 0 heterocycles. The van der Waals surface area contributed by atoms with Crippen LogP contribution in [0.4, 0.5) is 13.2 Å². The minimum atomic E-state index is -4.71. The third-order valence-electron chi connectivity index (χ3n) is 2.16. The van der Waals surface area contributed by atoms with Gasteiger partial charge in [0.25, 0.3) is 0 Å². The van der Waals surface area contributed by atoms with Crippen LogP contribution in [0, 0.1) is 0 Å². The van der Waals surface area contributed by atoms with E-state index in [9.17, 15) is 18.0 Å². The van der Waals surface area contributed by atoms with Crippen molar-refractivity contribution in [3.05, 3.63) is 29.8 Å². The zero-order valence-electron chi connectivity index (χ0n) is 8.99. The van der Waals surface area contributed by atoms with Crippen molar-refractivity contribution < 1.29 is 27.8 Å². The molecule has 1 N–H and O–H groups in total. The second-order valence-corrected chi connectivity index (χ2v) is 3.62. The molecule has 0 spiro atoms. The fraction of sp³-hybridized carbons (Fsp3) is 0.364. The van der Waals surface area contributed by atoms with Gasteiger partial charge in [-0.15, -0.1) is 13.2 Å². The minimum Gasteiger partial charge on any atom is -0.481 e. The summed E-state index contributed by atoms with van der Waals surface area (Å²) in [4.78, 5) is 10.5. The Hall–Kier alpha value is -1.72. The second-order valence-electron chi connectivity index (χ2n) is 3.62. The number of halogens is 3. The molecule has 6 heteroatoms. The fourth-order valence-electron chi connectivity index (χ4n) is 1.38. The number of ether oxygens (including phenoxy) is 1. The summed E-state index contributed by atoms with van der Waals surface area (Å²) in [6.45, 7) is 1.69. The topological polar surface area (TPSA) is 46.5 Å². The predicted molar refractivity (Wildman–Crippen MR) is 53.8 cm³/mol. The molecule has 0 bridgehead atoms. The van der Waals surface area contributed by atoms with E-state index in [1.807, 2.05) is 0 Å². The van der Waals surface area contributed by atoms with Gasteiger partial charge in [0.1, 0.15) is 5.75 Å². The zero-order chi connectivity index (χ0) is 13.1. The number of carboxylic acid groups (broad SMARTS) is 1. The number of benzene rings is 1. The molecule has 0 aliphatic heterocycles. The van der Waals surface area contributed by atoms with E-state index in [1.165, 1.54) is 24.3 Å². The molecule has 0 aromatic heterocycles. The van der Waals surface area contributed by atoms with Gasteiger partial charge in [0, 0.05) is 0 Å². The van der Waals surface area contributed by atoms with Gasteiger partial charge >= 0.3 is 12.3 Å². The van der Waals surface area contributed by atoms with E-state index >= 15 is 0 Å². The number of carboxylic acids is 1. The molecule has 0 saturated heterocycles. The predicted octanol–water partition coefficient (Wildman–Crippen LogP) is 3.16. The summed E-state index contributed by atoms with van der Waals surface area (Å²) >= 11 is 0. The van der Waals surface area contributed by atoms with Crippen molar-refractivity contribution in [1.82, 2.24) is 0 Å². The van der Waals surface area contributed by atoms with Crippen LogP contribution in [-0.2, 0) is 4.79 Å². The SMILES string of the molecule is C[C@H](CC(=O)O)c1ccc(OC(F)(F)F)cc1. The molecule has 3 nitrogen and oxygen atoms in total. The van der Waals surface area contributed by atoms with Crippen molar-refractivity contribution in [3.8, 4) is 5.75 Å². The molecule has 0 fully saturated rings. The summed E-state index contributed by atoms with van der Waals surface area (Å²) in [6, 6.07) is 5.19. The third-order valence-corrected chi connectivity index (χ3v) is 2.16. The average Bonchev–Trinajstić information content (AvgIpc) is 2.15. The molecule has 0 unspecified atom stereocenters. The van der Waals surface area contributed by atoms with Crippen LogP contribution >= 0.6 is 0 Å². The highest BCUT2D eigenvalue weighted by Gasteiger charge is 2.31. The maximum absolute atomic E-state index is 11.9. The van der Waals surface area contributed by atoms with Crippen LogP contribution in [0.15, 0.2) is 24.3 Å². The maximum Gasteiger partial charge on any atom is 0.573 e. The number of hydrogen-bond donors (Lipinski definition) is 1. The maximum atomic E-state index is 11.9. The van der Waals surface area contributed by atoms with Gasteiger partial charge in [0.15, 0.2) is 0 Å². The Morgan fingerprint density at radius 2 is 1.88 bits per heavy atom. The smallest absolute Gasteiger partial charge is 0.481 e. The monoisotopic (exact) mass is 248 g/mol. The van der Waals surface area contributed by atoms with Gasteiger partial charge in [-0.2, -0.15) is 0 Å². The molecule has 1 atom stereocenters. The van der Waals surface area contributed by atoms with Gasteiger partial charge in [-0.3, -0.25) is 4.79 Å². The van der Waals surface area contributed by atoms with Gasteiger partial charge in [0.2, 0.25) is 0 Å². The van der Waals surface area contributed by atoms with Crippen LogP contribution in [-0.4, -0.2) is 17.4 Å². The second kappa shape index (κ2) is 5.07. The van der Waals surface area contributed by atoms with E-state index in [0.29, 0.717) is 5.56 Å². The van der Waals surface area contributed by atoms with Gasteiger partial charge in [-0.25, -0.2) is 0 Å². The van der Waals surface area contributed by atoms with Gasteiger partial charge in [-0.05, 0) is 23.6 Å². The lowest BCUT2D eigenvalue weighted by molar-refractivity contribution is -0.274. The molecule has 17 heavy (non-hydrogen) atoms. The van der Waals surface area contributed by atoms with Crippen LogP contribution < -0.4 is 4.74 Å². The summed E-state index contributed by atoms with van der Waals surface area (Å²) in [5.41, 5.74) is 0.655. The van der Waals surface area contributed by atoms with E-state index in [-0.39, 0.29) is 18.1 Å². The molecule has 0 aliphatic rings. The molecule has 0 amide bonds. The molecule has 1 aromatic rings.